The maximum absolute atomic E-state index is 13.1. The Balaban J connectivity index is 1.89. The zero-order chi connectivity index (χ0) is 12.3. The normalized spacial score (nSPS) is 10.8. The molecule has 1 aromatic heterocycles. The lowest BCUT2D eigenvalue weighted by Gasteiger charge is -2.04. The summed E-state index contributed by atoms with van der Waals surface area (Å²) in [6.07, 6.45) is 0. The quantitative estimate of drug-likeness (QED) is 0.862. The highest BCUT2D eigenvalue weighted by molar-refractivity contribution is 9.10. The number of nitrogens with one attached hydrogen (secondary N) is 1. The van der Waals surface area contributed by atoms with Gasteiger partial charge >= 0.3 is 0 Å². The predicted octanol–water partition coefficient (Wildman–Crippen LogP) is 4.59. The minimum absolute atomic E-state index is 0.227. The Morgan fingerprint density at radius 3 is 2.71 bits per heavy atom. The lowest BCUT2D eigenvalue weighted by molar-refractivity contribution is 0.619. The Bertz CT molecular complexity index is 495. The molecule has 0 fully saturated rings. The molecule has 0 amide bonds. The summed E-state index contributed by atoms with van der Waals surface area (Å²) in [5.41, 5.74) is 0.916. The number of thiophene rings is 1. The van der Waals surface area contributed by atoms with Gasteiger partial charge in [-0.2, -0.15) is 0 Å². The van der Waals surface area contributed by atoms with Crippen LogP contribution in [0.15, 0.2) is 34.8 Å². The van der Waals surface area contributed by atoms with Gasteiger partial charge in [0.1, 0.15) is 5.82 Å². The summed E-state index contributed by atoms with van der Waals surface area (Å²) in [4.78, 5) is 1.17. The predicted molar refractivity (Wildman–Crippen MR) is 74.0 cm³/mol. The third kappa shape index (κ3) is 4.07. The van der Waals surface area contributed by atoms with Gasteiger partial charge in [0.2, 0.25) is 0 Å². The Morgan fingerprint density at radius 2 is 2.06 bits per heavy atom. The molecule has 2 aromatic rings. The van der Waals surface area contributed by atoms with Gasteiger partial charge < -0.3 is 5.32 Å². The fourth-order valence-corrected chi connectivity index (χ4v) is 3.06. The Kier molecular flexibility index (Phi) is 4.56. The van der Waals surface area contributed by atoms with Crippen molar-refractivity contribution in [3.8, 4) is 0 Å². The molecule has 0 bridgehead atoms. The first-order valence-corrected chi connectivity index (χ1v) is 7.02. The van der Waals surface area contributed by atoms with E-state index < -0.39 is 0 Å². The first kappa shape index (κ1) is 13.0. The highest BCUT2D eigenvalue weighted by Gasteiger charge is 2.00. The van der Waals surface area contributed by atoms with Crippen LogP contribution in [0.2, 0.25) is 4.34 Å². The van der Waals surface area contributed by atoms with E-state index in [1.54, 1.807) is 11.3 Å². The number of benzene rings is 1. The monoisotopic (exact) mass is 333 g/mol. The van der Waals surface area contributed by atoms with E-state index in [1.165, 1.54) is 17.0 Å². The fraction of sp³-hybridized carbons (Fsp3) is 0.167. The van der Waals surface area contributed by atoms with Crippen LogP contribution in [0, 0.1) is 5.82 Å². The second-order valence-electron chi connectivity index (χ2n) is 3.59. The van der Waals surface area contributed by atoms with Gasteiger partial charge in [0.15, 0.2) is 0 Å². The average Bonchev–Trinajstić information content (AvgIpc) is 2.63. The van der Waals surface area contributed by atoms with Gasteiger partial charge in [-0.1, -0.05) is 27.5 Å². The zero-order valence-corrected chi connectivity index (χ0v) is 12.0. The van der Waals surface area contributed by atoms with Gasteiger partial charge in [0.25, 0.3) is 0 Å². The molecule has 0 saturated carbocycles. The zero-order valence-electron chi connectivity index (χ0n) is 8.84. The molecule has 1 nitrogen and oxygen atoms in total. The van der Waals surface area contributed by atoms with Gasteiger partial charge in [0, 0.05) is 22.4 Å². The fourth-order valence-electron chi connectivity index (χ4n) is 1.49. The first-order valence-electron chi connectivity index (χ1n) is 5.03. The number of hydrogen-bond acceptors (Lipinski definition) is 2. The maximum Gasteiger partial charge on any atom is 0.124 e. The molecule has 5 heteroatoms. The van der Waals surface area contributed by atoms with Crippen molar-refractivity contribution < 1.29 is 4.39 Å². The van der Waals surface area contributed by atoms with Gasteiger partial charge in [-0.25, -0.2) is 4.39 Å². The molecule has 1 heterocycles. The van der Waals surface area contributed by atoms with E-state index in [4.69, 9.17) is 11.6 Å². The largest absolute Gasteiger partial charge is 0.308 e. The van der Waals surface area contributed by atoms with Crippen LogP contribution in [-0.2, 0) is 13.1 Å². The van der Waals surface area contributed by atoms with Crippen molar-refractivity contribution in [1.82, 2.24) is 5.32 Å². The van der Waals surface area contributed by atoms with Crippen LogP contribution in [0.3, 0.4) is 0 Å². The molecule has 1 N–H and O–H groups in total. The van der Waals surface area contributed by atoms with Crippen molar-refractivity contribution >= 4 is 38.9 Å². The molecular weight excluding hydrogens is 325 g/mol. The van der Waals surface area contributed by atoms with Crippen LogP contribution in [0.4, 0.5) is 4.39 Å². The van der Waals surface area contributed by atoms with Crippen molar-refractivity contribution in [3.63, 3.8) is 0 Å². The second kappa shape index (κ2) is 5.96. The third-order valence-electron chi connectivity index (χ3n) is 2.18. The van der Waals surface area contributed by atoms with E-state index in [9.17, 15) is 4.39 Å². The van der Waals surface area contributed by atoms with Crippen molar-refractivity contribution in [1.29, 1.82) is 0 Å². The lowest BCUT2D eigenvalue weighted by atomic mass is 10.2. The molecule has 0 radical (unpaired) electrons. The highest BCUT2D eigenvalue weighted by atomic mass is 79.9. The smallest absolute Gasteiger partial charge is 0.124 e. The first-order chi connectivity index (χ1) is 8.13. The summed E-state index contributed by atoms with van der Waals surface area (Å²) < 4.78 is 14.7. The molecule has 2 rings (SSSR count). The summed E-state index contributed by atoms with van der Waals surface area (Å²) in [7, 11) is 0. The summed E-state index contributed by atoms with van der Waals surface area (Å²) in [6.45, 7) is 1.37. The molecule has 0 saturated heterocycles. The second-order valence-corrected chi connectivity index (χ2v) is 6.30. The van der Waals surface area contributed by atoms with Crippen LogP contribution in [0.5, 0.6) is 0 Å². The van der Waals surface area contributed by atoms with E-state index in [0.29, 0.717) is 6.54 Å². The highest BCUT2D eigenvalue weighted by Crippen LogP contribution is 2.21. The van der Waals surface area contributed by atoms with E-state index >= 15 is 0 Å². The van der Waals surface area contributed by atoms with Gasteiger partial charge in [-0.3, -0.25) is 0 Å². The van der Waals surface area contributed by atoms with Crippen molar-refractivity contribution in [2.75, 3.05) is 0 Å². The molecule has 1 aromatic carbocycles. The lowest BCUT2D eigenvalue weighted by Crippen LogP contribution is -2.11. The van der Waals surface area contributed by atoms with E-state index in [-0.39, 0.29) is 5.82 Å². The van der Waals surface area contributed by atoms with Crippen molar-refractivity contribution in [2.45, 2.75) is 13.1 Å². The molecule has 0 atom stereocenters. The molecular formula is C12H10BrClFNS. The summed E-state index contributed by atoms with van der Waals surface area (Å²) >= 11 is 10.7. The Hall–Kier alpha value is -0.420. The number of rotatable bonds is 4. The summed E-state index contributed by atoms with van der Waals surface area (Å²) in [6, 6.07) is 8.74. The van der Waals surface area contributed by atoms with Crippen molar-refractivity contribution in [2.24, 2.45) is 0 Å². The summed E-state index contributed by atoms with van der Waals surface area (Å²) in [5.74, 6) is -0.227. The van der Waals surface area contributed by atoms with Gasteiger partial charge in [-0.05, 0) is 35.9 Å². The van der Waals surface area contributed by atoms with E-state index in [2.05, 4.69) is 21.2 Å². The summed E-state index contributed by atoms with van der Waals surface area (Å²) in [5, 5.41) is 3.25. The Labute approximate surface area is 117 Å². The van der Waals surface area contributed by atoms with Crippen molar-refractivity contribution in [3.05, 3.63) is 55.4 Å². The van der Waals surface area contributed by atoms with Crippen LogP contribution in [0.25, 0.3) is 0 Å². The molecule has 0 spiro atoms. The molecule has 0 aliphatic rings. The van der Waals surface area contributed by atoms with Crippen LogP contribution in [0.1, 0.15) is 10.4 Å². The molecule has 0 aliphatic heterocycles. The molecule has 90 valence electrons. The number of hydrogen-bond donors (Lipinski definition) is 1. The average molecular weight is 335 g/mol. The van der Waals surface area contributed by atoms with Gasteiger partial charge in [0.05, 0.1) is 4.34 Å². The SMILES string of the molecule is Fc1cc(Br)cc(CNCc2ccc(Cl)s2)c1. The maximum atomic E-state index is 13.1. The van der Waals surface area contributed by atoms with Crippen LogP contribution < -0.4 is 5.32 Å². The molecule has 17 heavy (non-hydrogen) atoms. The van der Waals surface area contributed by atoms with Gasteiger partial charge in [-0.15, -0.1) is 11.3 Å². The molecule has 0 unspecified atom stereocenters. The van der Waals surface area contributed by atoms with Crippen LogP contribution >= 0.6 is 38.9 Å². The minimum Gasteiger partial charge on any atom is -0.308 e. The van der Waals surface area contributed by atoms with E-state index in [0.717, 1.165) is 20.9 Å². The third-order valence-corrected chi connectivity index (χ3v) is 3.87. The number of halogens is 3. The van der Waals surface area contributed by atoms with E-state index in [1.807, 2.05) is 18.2 Å². The minimum atomic E-state index is -0.227. The topological polar surface area (TPSA) is 12.0 Å². The standard InChI is InChI=1S/C12H10BrClFNS/c13-9-3-8(4-10(15)5-9)6-16-7-11-1-2-12(14)17-11/h1-5,16H,6-7H2. The Morgan fingerprint density at radius 1 is 1.24 bits per heavy atom. The van der Waals surface area contributed by atoms with Crippen LogP contribution in [-0.4, -0.2) is 0 Å². The molecule has 0 aliphatic carbocycles.